The van der Waals surface area contributed by atoms with E-state index in [9.17, 15) is 9.59 Å². The van der Waals surface area contributed by atoms with Gasteiger partial charge in [0.15, 0.2) is 0 Å². The quantitative estimate of drug-likeness (QED) is 0.696. The average Bonchev–Trinajstić information content (AvgIpc) is 2.82. The van der Waals surface area contributed by atoms with E-state index in [0.29, 0.717) is 28.8 Å². The lowest BCUT2D eigenvalue weighted by atomic mass is 9.44. The molecular weight excluding hydrogens is 284 g/mol. The van der Waals surface area contributed by atoms with Gasteiger partial charge in [0.05, 0.1) is 0 Å². The van der Waals surface area contributed by atoms with Crippen molar-refractivity contribution in [2.45, 2.75) is 78.6 Å². The molecule has 0 aromatic heterocycles. The van der Waals surface area contributed by atoms with Gasteiger partial charge >= 0.3 is 0 Å². The molecular formula is C21H32O2. The fourth-order valence-corrected chi connectivity index (χ4v) is 7.40. The number of carbonyl (C=O) groups is 2. The molecule has 0 amide bonds. The summed E-state index contributed by atoms with van der Waals surface area (Å²) < 4.78 is 0. The molecule has 0 heterocycles. The van der Waals surface area contributed by atoms with Gasteiger partial charge in [-0.3, -0.25) is 9.59 Å². The van der Waals surface area contributed by atoms with Gasteiger partial charge in [0.1, 0.15) is 11.6 Å². The molecule has 4 rings (SSSR count). The second-order valence-electron chi connectivity index (χ2n) is 9.66. The van der Waals surface area contributed by atoms with Crippen molar-refractivity contribution in [3.05, 3.63) is 0 Å². The summed E-state index contributed by atoms with van der Waals surface area (Å²) in [5, 5.41) is 0. The topological polar surface area (TPSA) is 34.1 Å². The molecule has 0 unspecified atom stereocenters. The Bertz CT molecular complexity index is 538. The Morgan fingerprint density at radius 1 is 1.00 bits per heavy atom. The number of hydrogen-bond donors (Lipinski definition) is 0. The lowest BCUT2D eigenvalue weighted by Crippen LogP contribution is -2.53. The second-order valence-corrected chi connectivity index (χ2v) is 9.66. The minimum atomic E-state index is 0.000942. The van der Waals surface area contributed by atoms with Gasteiger partial charge in [-0.2, -0.15) is 0 Å². The van der Waals surface area contributed by atoms with Crippen molar-refractivity contribution in [2.75, 3.05) is 0 Å². The molecule has 0 N–H and O–H groups in total. The number of carbonyl (C=O) groups excluding carboxylic acids is 2. The zero-order valence-electron chi connectivity index (χ0n) is 15.1. The van der Waals surface area contributed by atoms with Crippen LogP contribution in [0.2, 0.25) is 0 Å². The molecule has 0 saturated heterocycles. The molecule has 2 nitrogen and oxygen atoms in total. The van der Waals surface area contributed by atoms with Gasteiger partial charge in [-0.1, -0.05) is 13.8 Å². The third-order valence-corrected chi connectivity index (χ3v) is 8.95. The van der Waals surface area contributed by atoms with Crippen LogP contribution in [0.25, 0.3) is 0 Å². The summed E-state index contributed by atoms with van der Waals surface area (Å²) in [6.45, 7) is 6.59. The zero-order chi connectivity index (χ0) is 16.4. The van der Waals surface area contributed by atoms with E-state index in [4.69, 9.17) is 0 Å². The molecule has 0 radical (unpaired) electrons. The van der Waals surface area contributed by atoms with Gasteiger partial charge < -0.3 is 0 Å². The number of hydrogen-bond acceptors (Lipinski definition) is 2. The standard InChI is InChI=1S/C21H32O2/c1-13(22)14-8-10-20(2)15(12-14)4-5-16-17-6-7-19(23)21(17,3)11-9-18(16)20/h14-18H,4-12H2,1-3H3/t14-,15+,16-,17-,18-,20+,21-/m1/s1. The first kappa shape index (κ1) is 15.8. The summed E-state index contributed by atoms with van der Waals surface area (Å²) in [4.78, 5) is 24.3. The molecule has 128 valence electrons. The number of rotatable bonds is 1. The maximum absolute atomic E-state index is 12.4. The first-order valence-electron chi connectivity index (χ1n) is 9.90. The van der Waals surface area contributed by atoms with Crippen LogP contribution in [-0.4, -0.2) is 11.6 Å². The van der Waals surface area contributed by atoms with Gasteiger partial charge in [0.25, 0.3) is 0 Å². The molecule has 7 atom stereocenters. The Kier molecular flexibility index (Phi) is 3.56. The van der Waals surface area contributed by atoms with E-state index >= 15 is 0 Å². The van der Waals surface area contributed by atoms with Crippen molar-refractivity contribution >= 4 is 11.6 Å². The highest BCUT2D eigenvalue weighted by atomic mass is 16.1. The van der Waals surface area contributed by atoms with Crippen LogP contribution in [0.4, 0.5) is 0 Å². The number of Topliss-reactive ketones (excluding diaryl/α,β-unsaturated/α-hetero) is 2. The van der Waals surface area contributed by atoms with E-state index in [2.05, 4.69) is 13.8 Å². The summed E-state index contributed by atoms with van der Waals surface area (Å²) >= 11 is 0. The van der Waals surface area contributed by atoms with Crippen molar-refractivity contribution in [3.63, 3.8) is 0 Å². The van der Waals surface area contributed by atoms with Gasteiger partial charge in [-0.25, -0.2) is 0 Å². The first-order valence-corrected chi connectivity index (χ1v) is 9.90. The van der Waals surface area contributed by atoms with E-state index in [-0.39, 0.29) is 5.41 Å². The van der Waals surface area contributed by atoms with Gasteiger partial charge in [-0.05, 0) is 87.4 Å². The molecule has 0 aromatic carbocycles. The second kappa shape index (κ2) is 5.17. The predicted molar refractivity (Wildman–Crippen MR) is 90.9 cm³/mol. The predicted octanol–water partition coefficient (Wildman–Crippen LogP) is 4.80. The Morgan fingerprint density at radius 2 is 1.78 bits per heavy atom. The first-order chi connectivity index (χ1) is 10.9. The number of ketones is 2. The Labute approximate surface area is 140 Å². The van der Waals surface area contributed by atoms with Crippen molar-refractivity contribution < 1.29 is 9.59 Å². The van der Waals surface area contributed by atoms with Gasteiger partial charge in [0, 0.05) is 17.8 Å². The summed E-state index contributed by atoms with van der Waals surface area (Å²) in [6, 6.07) is 0. The molecule has 4 aliphatic rings. The largest absolute Gasteiger partial charge is 0.300 e. The molecule has 4 aliphatic carbocycles. The lowest BCUT2D eigenvalue weighted by Gasteiger charge is -2.60. The highest BCUT2D eigenvalue weighted by molar-refractivity contribution is 5.87. The Balaban J connectivity index is 1.59. The van der Waals surface area contributed by atoms with Crippen LogP contribution in [0.3, 0.4) is 0 Å². The molecule has 0 aliphatic heterocycles. The highest BCUT2D eigenvalue weighted by Gasteiger charge is 2.60. The summed E-state index contributed by atoms with van der Waals surface area (Å²) in [5.41, 5.74) is 0.433. The third-order valence-electron chi connectivity index (χ3n) is 8.95. The smallest absolute Gasteiger partial charge is 0.139 e. The average molecular weight is 316 g/mol. The van der Waals surface area contributed by atoms with E-state index in [1.54, 1.807) is 6.92 Å². The molecule has 0 spiro atoms. The molecule has 0 bridgehead atoms. The van der Waals surface area contributed by atoms with Crippen LogP contribution >= 0.6 is 0 Å². The van der Waals surface area contributed by atoms with E-state index in [1.807, 2.05) is 0 Å². The van der Waals surface area contributed by atoms with E-state index in [1.165, 1.54) is 25.7 Å². The van der Waals surface area contributed by atoms with Crippen molar-refractivity contribution in [1.29, 1.82) is 0 Å². The van der Waals surface area contributed by atoms with Crippen molar-refractivity contribution in [2.24, 2.45) is 40.4 Å². The third kappa shape index (κ3) is 2.12. The Hall–Kier alpha value is -0.660. The highest BCUT2D eigenvalue weighted by Crippen LogP contribution is 2.65. The van der Waals surface area contributed by atoms with Crippen LogP contribution < -0.4 is 0 Å². The SMILES string of the molecule is CC(=O)[C@@H]1CC[C@@]2(C)[C@@H](CC[C@H]3[C@H]2CC[C@@]2(C)C(=O)CC[C@H]32)C1. The minimum Gasteiger partial charge on any atom is -0.300 e. The summed E-state index contributed by atoms with van der Waals surface area (Å²) in [6.07, 6.45) is 10.4. The van der Waals surface area contributed by atoms with Crippen molar-refractivity contribution in [1.82, 2.24) is 0 Å². The normalized spacial score (nSPS) is 52.5. The van der Waals surface area contributed by atoms with Gasteiger partial charge in [-0.15, -0.1) is 0 Å². The van der Waals surface area contributed by atoms with Crippen LogP contribution in [0.5, 0.6) is 0 Å². The maximum Gasteiger partial charge on any atom is 0.139 e. The fraction of sp³-hybridized carbons (Fsp3) is 0.905. The maximum atomic E-state index is 12.4. The zero-order valence-corrected chi connectivity index (χ0v) is 15.1. The van der Waals surface area contributed by atoms with Crippen LogP contribution in [-0.2, 0) is 9.59 Å². The number of fused-ring (bicyclic) bond motifs is 5. The minimum absolute atomic E-state index is 0.000942. The summed E-state index contributed by atoms with van der Waals surface area (Å²) in [5.74, 6) is 4.25. The van der Waals surface area contributed by atoms with E-state index < -0.39 is 0 Å². The molecule has 23 heavy (non-hydrogen) atoms. The monoisotopic (exact) mass is 316 g/mol. The summed E-state index contributed by atoms with van der Waals surface area (Å²) in [7, 11) is 0. The Morgan fingerprint density at radius 3 is 2.52 bits per heavy atom. The fourth-order valence-electron chi connectivity index (χ4n) is 7.40. The van der Waals surface area contributed by atoms with Crippen LogP contribution in [0.1, 0.15) is 78.6 Å². The van der Waals surface area contributed by atoms with Gasteiger partial charge in [0.2, 0.25) is 0 Å². The molecule has 4 saturated carbocycles. The lowest BCUT2D eigenvalue weighted by molar-refractivity contribution is -0.143. The van der Waals surface area contributed by atoms with Crippen molar-refractivity contribution in [3.8, 4) is 0 Å². The molecule has 2 heteroatoms. The molecule has 0 aromatic rings. The van der Waals surface area contributed by atoms with Crippen LogP contribution in [0.15, 0.2) is 0 Å². The van der Waals surface area contributed by atoms with E-state index in [0.717, 1.165) is 49.9 Å². The van der Waals surface area contributed by atoms with Crippen LogP contribution in [0, 0.1) is 40.4 Å². The molecule has 4 fully saturated rings.